The van der Waals surface area contributed by atoms with Crippen LogP contribution in [0.5, 0.6) is 0 Å². The van der Waals surface area contributed by atoms with E-state index in [-0.39, 0.29) is 6.42 Å². The van der Waals surface area contributed by atoms with Crippen LogP contribution in [0.2, 0.25) is 0 Å². The largest absolute Gasteiger partial charge is 0.369 e. The summed E-state index contributed by atoms with van der Waals surface area (Å²) in [6.07, 6.45) is 0.180. The van der Waals surface area contributed by atoms with Crippen LogP contribution in [0.4, 0.5) is 4.79 Å². The summed E-state index contributed by atoms with van der Waals surface area (Å²) < 4.78 is 0. The topological polar surface area (TPSA) is 101 Å². The number of urea groups is 1. The summed E-state index contributed by atoms with van der Waals surface area (Å²) in [5, 5.41) is 4.82. The van der Waals surface area contributed by atoms with Gasteiger partial charge in [-0.25, -0.2) is 4.79 Å². The molecule has 4 N–H and O–H groups in total. The zero-order chi connectivity index (χ0) is 12.9. The summed E-state index contributed by atoms with van der Waals surface area (Å²) in [5.74, 6) is -1.47. The van der Waals surface area contributed by atoms with E-state index in [1.54, 1.807) is 24.3 Å². The maximum Gasteiger partial charge on any atom is 0.322 e. The highest BCUT2D eigenvalue weighted by Crippen LogP contribution is 2.45. The van der Waals surface area contributed by atoms with Gasteiger partial charge >= 0.3 is 6.03 Å². The molecule has 2 aliphatic rings. The normalized spacial score (nSPS) is 29.0. The highest BCUT2D eigenvalue weighted by atomic mass is 16.2. The summed E-state index contributed by atoms with van der Waals surface area (Å²) in [6, 6.07) is 6.50. The van der Waals surface area contributed by atoms with Crippen LogP contribution >= 0.6 is 0 Å². The first-order valence-corrected chi connectivity index (χ1v) is 5.57. The minimum Gasteiger partial charge on any atom is -0.369 e. The first kappa shape index (κ1) is 10.8. The van der Waals surface area contributed by atoms with Crippen molar-refractivity contribution in [2.24, 2.45) is 5.73 Å². The molecule has 1 aliphatic carbocycles. The second-order valence-electron chi connectivity index (χ2n) is 4.56. The fraction of sp³-hybridized carbons (Fsp3) is 0.250. The van der Waals surface area contributed by atoms with E-state index >= 15 is 0 Å². The van der Waals surface area contributed by atoms with E-state index in [0.717, 1.165) is 0 Å². The Kier molecular flexibility index (Phi) is 1.98. The van der Waals surface area contributed by atoms with Crippen LogP contribution in [0, 0.1) is 0 Å². The molecular formula is C12H11N3O3. The fourth-order valence-electron chi connectivity index (χ4n) is 2.79. The molecule has 1 aromatic carbocycles. The van der Waals surface area contributed by atoms with Gasteiger partial charge in [-0.1, -0.05) is 24.3 Å². The number of rotatable bonds is 1. The maximum atomic E-state index is 12.0. The van der Waals surface area contributed by atoms with Gasteiger partial charge in [0.2, 0.25) is 5.91 Å². The van der Waals surface area contributed by atoms with Crippen molar-refractivity contribution in [3.05, 3.63) is 35.4 Å². The molecule has 1 aromatic rings. The van der Waals surface area contributed by atoms with Gasteiger partial charge in [0.25, 0.3) is 5.91 Å². The highest BCUT2D eigenvalue weighted by Gasteiger charge is 2.55. The molecule has 1 heterocycles. The van der Waals surface area contributed by atoms with Crippen molar-refractivity contribution in [3.63, 3.8) is 0 Å². The zero-order valence-corrected chi connectivity index (χ0v) is 9.40. The van der Waals surface area contributed by atoms with Gasteiger partial charge in [0.15, 0.2) is 0 Å². The minimum absolute atomic E-state index is 0.180. The number of amides is 4. The van der Waals surface area contributed by atoms with E-state index in [1.165, 1.54) is 0 Å². The summed E-state index contributed by atoms with van der Waals surface area (Å²) in [4.78, 5) is 34.8. The average molecular weight is 245 g/mol. The lowest BCUT2D eigenvalue weighted by Gasteiger charge is -2.21. The van der Waals surface area contributed by atoms with Crippen LogP contribution < -0.4 is 16.4 Å². The Morgan fingerprint density at radius 3 is 2.67 bits per heavy atom. The molecule has 1 fully saturated rings. The molecule has 4 amide bonds. The molecular weight excluding hydrogens is 234 g/mol. The van der Waals surface area contributed by atoms with Crippen molar-refractivity contribution in [1.82, 2.24) is 10.6 Å². The summed E-state index contributed by atoms with van der Waals surface area (Å²) in [5.41, 5.74) is 5.58. The second kappa shape index (κ2) is 3.32. The minimum atomic E-state index is -1.15. The molecule has 1 spiro atoms. The maximum absolute atomic E-state index is 12.0. The molecule has 0 radical (unpaired) electrons. The third kappa shape index (κ3) is 1.20. The Morgan fingerprint density at radius 1 is 1.33 bits per heavy atom. The molecule has 0 saturated carbocycles. The van der Waals surface area contributed by atoms with E-state index in [0.29, 0.717) is 11.1 Å². The molecule has 92 valence electrons. The van der Waals surface area contributed by atoms with Gasteiger partial charge in [-0.2, -0.15) is 0 Å². The average Bonchev–Trinajstić information content (AvgIpc) is 2.80. The number of nitrogens with two attached hydrogens (primary N) is 1. The predicted molar refractivity (Wildman–Crippen MR) is 61.3 cm³/mol. The van der Waals surface area contributed by atoms with Crippen LogP contribution in [0.15, 0.2) is 24.3 Å². The summed E-state index contributed by atoms with van der Waals surface area (Å²) >= 11 is 0. The smallest absolute Gasteiger partial charge is 0.322 e. The van der Waals surface area contributed by atoms with E-state index in [4.69, 9.17) is 5.73 Å². The molecule has 3 rings (SSSR count). The molecule has 1 saturated heterocycles. The van der Waals surface area contributed by atoms with Crippen LogP contribution in [-0.4, -0.2) is 17.8 Å². The van der Waals surface area contributed by atoms with E-state index in [1.807, 2.05) is 0 Å². The molecule has 18 heavy (non-hydrogen) atoms. The summed E-state index contributed by atoms with van der Waals surface area (Å²) in [6.45, 7) is 0. The van der Waals surface area contributed by atoms with Crippen LogP contribution in [0.1, 0.15) is 23.5 Å². The van der Waals surface area contributed by atoms with Crippen molar-refractivity contribution in [2.75, 3.05) is 0 Å². The van der Waals surface area contributed by atoms with Crippen LogP contribution in [0.25, 0.3) is 0 Å². The van der Waals surface area contributed by atoms with E-state index in [9.17, 15) is 14.4 Å². The van der Waals surface area contributed by atoms with Gasteiger partial charge in [-0.3, -0.25) is 14.9 Å². The van der Waals surface area contributed by atoms with Crippen LogP contribution in [0.3, 0.4) is 0 Å². The SMILES string of the molecule is NC(=O)[C@H]1C[C@]2(NC(=O)NC2=O)c2ccccc21. The predicted octanol–water partition coefficient (Wildman–Crippen LogP) is -0.306. The van der Waals surface area contributed by atoms with Gasteiger partial charge in [0, 0.05) is 0 Å². The lowest BCUT2D eigenvalue weighted by Crippen LogP contribution is -2.42. The Labute approximate surface area is 103 Å². The van der Waals surface area contributed by atoms with Gasteiger partial charge in [0.1, 0.15) is 5.54 Å². The third-order valence-electron chi connectivity index (χ3n) is 3.59. The molecule has 6 heteroatoms. The third-order valence-corrected chi connectivity index (χ3v) is 3.59. The number of hydrogen-bond acceptors (Lipinski definition) is 3. The quantitative estimate of drug-likeness (QED) is 0.592. The van der Waals surface area contributed by atoms with Gasteiger partial charge in [-0.05, 0) is 17.5 Å². The monoisotopic (exact) mass is 245 g/mol. The Morgan fingerprint density at radius 2 is 2.06 bits per heavy atom. The number of carbonyl (C=O) groups is 3. The Hall–Kier alpha value is -2.37. The van der Waals surface area contributed by atoms with E-state index < -0.39 is 29.3 Å². The lowest BCUT2D eigenvalue weighted by atomic mass is 9.91. The number of primary amides is 1. The molecule has 6 nitrogen and oxygen atoms in total. The number of carbonyl (C=O) groups excluding carboxylic acids is 3. The van der Waals surface area contributed by atoms with Crippen molar-refractivity contribution in [1.29, 1.82) is 0 Å². The Bertz CT molecular complexity index is 584. The van der Waals surface area contributed by atoms with Gasteiger partial charge in [0.05, 0.1) is 5.92 Å². The fourth-order valence-corrected chi connectivity index (χ4v) is 2.79. The molecule has 0 bridgehead atoms. The second-order valence-corrected chi connectivity index (χ2v) is 4.56. The van der Waals surface area contributed by atoms with Crippen molar-refractivity contribution in [3.8, 4) is 0 Å². The van der Waals surface area contributed by atoms with Crippen LogP contribution in [-0.2, 0) is 15.1 Å². The van der Waals surface area contributed by atoms with Gasteiger partial charge in [-0.15, -0.1) is 0 Å². The standard InChI is InChI=1S/C12H11N3O3/c13-9(16)7-5-12(10(17)14-11(18)15-12)8-4-2-1-3-6(7)8/h1-4,7H,5H2,(H2,13,16)(H2,14,15,17,18)/t7-,12-/m0/s1. The zero-order valence-electron chi connectivity index (χ0n) is 9.40. The summed E-state index contributed by atoms with van der Waals surface area (Å²) in [7, 11) is 0. The number of fused-ring (bicyclic) bond motifs is 2. The molecule has 1 aliphatic heterocycles. The molecule has 0 unspecified atom stereocenters. The molecule has 0 aromatic heterocycles. The van der Waals surface area contributed by atoms with Gasteiger partial charge < -0.3 is 11.1 Å². The van der Waals surface area contributed by atoms with Crippen molar-refractivity contribution in [2.45, 2.75) is 17.9 Å². The highest BCUT2D eigenvalue weighted by molar-refractivity contribution is 6.09. The Balaban J connectivity index is 2.18. The molecule has 2 atom stereocenters. The first-order valence-electron chi connectivity index (χ1n) is 5.57. The number of imide groups is 1. The van der Waals surface area contributed by atoms with Crippen molar-refractivity contribution < 1.29 is 14.4 Å². The number of nitrogens with one attached hydrogen (secondary N) is 2. The lowest BCUT2D eigenvalue weighted by molar-refractivity contribution is -0.124. The van der Waals surface area contributed by atoms with E-state index in [2.05, 4.69) is 10.6 Å². The number of benzene rings is 1. The number of hydrogen-bond donors (Lipinski definition) is 3. The van der Waals surface area contributed by atoms with Crippen molar-refractivity contribution >= 4 is 17.8 Å². The first-order chi connectivity index (χ1) is 8.54.